The lowest BCUT2D eigenvalue weighted by atomic mass is 10.1. The zero-order valence-electron chi connectivity index (χ0n) is 9.53. The maximum absolute atomic E-state index is 4.72. The second-order valence-corrected chi connectivity index (χ2v) is 6.68. The van der Waals surface area contributed by atoms with E-state index in [0.717, 1.165) is 5.92 Å². The summed E-state index contributed by atoms with van der Waals surface area (Å²) in [5, 5.41) is 4.79. The van der Waals surface area contributed by atoms with Crippen LogP contribution in [0, 0.1) is 5.92 Å². The van der Waals surface area contributed by atoms with E-state index in [1.807, 2.05) is 11.8 Å². The Balaban J connectivity index is 1.85. The number of hydrogen-bond donors (Lipinski definition) is 1. The van der Waals surface area contributed by atoms with Crippen LogP contribution >= 0.6 is 23.5 Å². The molecule has 86 valence electrons. The second kappa shape index (κ2) is 5.48. The van der Waals surface area contributed by atoms with Gasteiger partial charge in [0.05, 0.1) is 6.04 Å². The van der Waals surface area contributed by atoms with Crippen LogP contribution < -0.4 is 5.32 Å². The van der Waals surface area contributed by atoms with Gasteiger partial charge in [0.2, 0.25) is 0 Å². The lowest BCUT2D eigenvalue weighted by molar-refractivity contribution is 0.528. The van der Waals surface area contributed by atoms with Gasteiger partial charge < -0.3 is 5.32 Å². The molecule has 15 heavy (non-hydrogen) atoms. The molecule has 4 heteroatoms. The zero-order chi connectivity index (χ0) is 10.7. The maximum atomic E-state index is 4.72. The van der Waals surface area contributed by atoms with E-state index in [9.17, 15) is 0 Å². The van der Waals surface area contributed by atoms with Gasteiger partial charge in [-0.15, -0.1) is 0 Å². The number of nitrogens with one attached hydrogen (secondary N) is 1. The summed E-state index contributed by atoms with van der Waals surface area (Å²) in [4.78, 5) is 4.72. The second-order valence-electron chi connectivity index (χ2n) is 4.52. The van der Waals surface area contributed by atoms with Crippen LogP contribution in [0.3, 0.4) is 0 Å². The van der Waals surface area contributed by atoms with Gasteiger partial charge in [0.15, 0.2) is 5.17 Å². The molecule has 0 bridgehead atoms. The molecular formula is C11H20N2S2. The summed E-state index contributed by atoms with van der Waals surface area (Å²) in [6.45, 7) is 4.51. The molecule has 0 aliphatic carbocycles. The molecule has 2 nitrogen and oxygen atoms in total. The van der Waals surface area contributed by atoms with E-state index in [1.165, 1.54) is 35.3 Å². The van der Waals surface area contributed by atoms with Crippen LogP contribution in [0.4, 0.5) is 0 Å². The molecule has 3 atom stereocenters. The molecule has 0 radical (unpaired) electrons. The van der Waals surface area contributed by atoms with E-state index >= 15 is 0 Å². The third kappa shape index (κ3) is 3.31. The average molecular weight is 244 g/mol. The van der Waals surface area contributed by atoms with Gasteiger partial charge in [-0.2, -0.15) is 11.8 Å². The highest BCUT2D eigenvalue weighted by Crippen LogP contribution is 2.23. The Kier molecular flexibility index (Phi) is 4.26. The Morgan fingerprint density at radius 2 is 2.20 bits per heavy atom. The summed E-state index contributed by atoms with van der Waals surface area (Å²) < 4.78 is 0. The molecule has 1 N–H and O–H groups in total. The number of nitrogens with zero attached hydrogens (tertiary/aromatic N) is 1. The van der Waals surface area contributed by atoms with Crippen LogP contribution in [-0.2, 0) is 0 Å². The molecule has 0 aromatic heterocycles. The first-order valence-electron chi connectivity index (χ1n) is 5.80. The van der Waals surface area contributed by atoms with Gasteiger partial charge >= 0.3 is 0 Å². The molecule has 0 amide bonds. The molecule has 2 heterocycles. The fraction of sp³-hybridized carbons (Fsp3) is 0.909. The molecule has 1 fully saturated rings. The van der Waals surface area contributed by atoms with Crippen LogP contribution in [0.25, 0.3) is 0 Å². The Morgan fingerprint density at radius 1 is 1.33 bits per heavy atom. The van der Waals surface area contributed by atoms with Crippen molar-refractivity contribution in [3.8, 4) is 0 Å². The summed E-state index contributed by atoms with van der Waals surface area (Å²) in [7, 11) is 0. The standard InChI is InChI=1S/C11H20N2S2/c1-8-6-15-11(12-9(8)2)13-10-4-3-5-14-7-10/h8-10H,3-7H2,1-2H3,(H,12,13). The van der Waals surface area contributed by atoms with Crippen LogP contribution in [0.1, 0.15) is 26.7 Å². The van der Waals surface area contributed by atoms with Crippen molar-refractivity contribution in [3.05, 3.63) is 0 Å². The summed E-state index contributed by atoms with van der Waals surface area (Å²) in [5.41, 5.74) is 0. The Bertz CT molecular complexity index is 237. The Labute approximate surface area is 101 Å². The molecule has 2 aliphatic rings. The van der Waals surface area contributed by atoms with Crippen molar-refractivity contribution >= 4 is 28.7 Å². The summed E-state index contributed by atoms with van der Waals surface area (Å²) >= 11 is 3.96. The number of aliphatic imine (C=N–C) groups is 1. The van der Waals surface area contributed by atoms with Gasteiger partial charge in [0, 0.05) is 17.5 Å². The Morgan fingerprint density at radius 3 is 2.87 bits per heavy atom. The lowest BCUT2D eigenvalue weighted by Gasteiger charge is -2.28. The molecule has 2 rings (SSSR count). The molecule has 0 saturated carbocycles. The quantitative estimate of drug-likeness (QED) is 0.767. The van der Waals surface area contributed by atoms with Crippen molar-refractivity contribution in [2.24, 2.45) is 10.9 Å². The maximum Gasteiger partial charge on any atom is 0.157 e. The Hall–Kier alpha value is 0.170. The molecule has 0 aromatic carbocycles. The van der Waals surface area contributed by atoms with Crippen molar-refractivity contribution < 1.29 is 0 Å². The molecule has 2 aliphatic heterocycles. The van der Waals surface area contributed by atoms with Gasteiger partial charge in [-0.3, -0.25) is 4.99 Å². The van der Waals surface area contributed by atoms with E-state index < -0.39 is 0 Å². The van der Waals surface area contributed by atoms with Crippen LogP contribution in [0.15, 0.2) is 4.99 Å². The van der Waals surface area contributed by atoms with Crippen molar-refractivity contribution in [1.82, 2.24) is 5.32 Å². The monoisotopic (exact) mass is 244 g/mol. The third-order valence-corrected chi connectivity index (χ3v) is 5.52. The van der Waals surface area contributed by atoms with E-state index in [1.54, 1.807) is 0 Å². The van der Waals surface area contributed by atoms with E-state index in [-0.39, 0.29) is 0 Å². The molecule has 0 aromatic rings. The fourth-order valence-electron chi connectivity index (χ4n) is 1.81. The summed E-state index contributed by atoms with van der Waals surface area (Å²) in [6.07, 6.45) is 2.67. The SMILES string of the molecule is CC1CSC(NC2CCCSC2)=NC1C. The lowest BCUT2D eigenvalue weighted by Crippen LogP contribution is -2.39. The predicted octanol–water partition coefficient (Wildman–Crippen LogP) is 2.60. The first-order chi connectivity index (χ1) is 7.25. The van der Waals surface area contributed by atoms with Gasteiger partial charge in [-0.05, 0) is 31.4 Å². The van der Waals surface area contributed by atoms with Crippen molar-refractivity contribution in [2.75, 3.05) is 17.3 Å². The van der Waals surface area contributed by atoms with Crippen molar-refractivity contribution in [3.63, 3.8) is 0 Å². The highest BCUT2D eigenvalue weighted by Gasteiger charge is 2.21. The third-order valence-electron chi connectivity index (χ3n) is 3.12. The van der Waals surface area contributed by atoms with Crippen LogP contribution in [-0.4, -0.2) is 34.5 Å². The highest BCUT2D eigenvalue weighted by molar-refractivity contribution is 8.13. The minimum absolute atomic E-state index is 0.491. The van der Waals surface area contributed by atoms with Crippen molar-refractivity contribution in [2.45, 2.75) is 38.8 Å². The van der Waals surface area contributed by atoms with Gasteiger partial charge in [0.25, 0.3) is 0 Å². The van der Waals surface area contributed by atoms with E-state index in [2.05, 4.69) is 30.9 Å². The average Bonchev–Trinajstić information content (AvgIpc) is 2.25. The smallest absolute Gasteiger partial charge is 0.157 e. The largest absolute Gasteiger partial charge is 0.361 e. The first kappa shape index (κ1) is 11.6. The van der Waals surface area contributed by atoms with Crippen molar-refractivity contribution in [1.29, 1.82) is 0 Å². The number of thioether (sulfide) groups is 2. The van der Waals surface area contributed by atoms with Gasteiger partial charge in [-0.1, -0.05) is 18.7 Å². The minimum atomic E-state index is 0.491. The normalized spacial score (nSPS) is 37.2. The molecule has 3 unspecified atom stereocenters. The van der Waals surface area contributed by atoms with Crippen LogP contribution in [0.5, 0.6) is 0 Å². The summed E-state index contributed by atoms with van der Waals surface area (Å²) in [5.74, 6) is 4.53. The predicted molar refractivity (Wildman–Crippen MR) is 72.0 cm³/mol. The van der Waals surface area contributed by atoms with Gasteiger partial charge in [-0.25, -0.2) is 0 Å². The van der Waals surface area contributed by atoms with Gasteiger partial charge in [0.1, 0.15) is 0 Å². The van der Waals surface area contributed by atoms with E-state index in [4.69, 9.17) is 4.99 Å². The molecule has 0 spiro atoms. The number of hydrogen-bond acceptors (Lipinski definition) is 4. The first-order valence-corrected chi connectivity index (χ1v) is 7.94. The molecule has 1 saturated heterocycles. The topological polar surface area (TPSA) is 24.4 Å². The zero-order valence-corrected chi connectivity index (χ0v) is 11.2. The number of rotatable bonds is 1. The number of amidine groups is 1. The van der Waals surface area contributed by atoms with Crippen LogP contribution in [0.2, 0.25) is 0 Å². The fourth-order valence-corrected chi connectivity index (χ4v) is 4.07. The minimum Gasteiger partial charge on any atom is -0.361 e. The molecular weight excluding hydrogens is 224 g/mol. The highest BCUT2D eigenvalue weighted by atomic mass is 32.2. The van der Waals surface area contributed by atoms with E-state index in [0.29, 0.717) is 12.1 Å². The summed E-state index contributed by atoms with van der Waals surface area (Å²) in [6, 6.07) is 1.15.